The van der Waals surface area contributed by atoms with Crippen LogP contribution in [0.3, 0.4) is 0 Å². The van der Waals surface area contributed by atoms with Crippen molar-refractivity contribution < 1.29 is 25.2 Å². The molecule has 5 nitrogen and oxygen atoms in total. The molecule has 1 saturated carbocycles. The van der Waals surface area contributed by atoms with Gasteiger partial charge in [0.2, 0.25) is 0 Å². The van der Waals surface area contributed by atoms with Crippen LogP contribution in [0.25, 0.3) is 0 Å². The topological polar surface area (TPSA) is 98.0 Å². The minimum Gasteiger partial charge on any atom is -0.396 e. The lowest BCUT2D eigenvalue weighted by Crippen LogP contribution is -2.56. The number of allylic oxidation sites excluding steroid dienone is 2. The summed E-state index contributed by atoms with van der Waals surface area (Å²) < 4.78 is 0. The van der Waals surface area contributed by atoms with E-state index in [2.05, 4.69) is 0 Å². The molecule has 0 amide bonds. The summed E-state index contributed by atoms with van der Waals surface area (Å²) in [6.07, 6.45) is 3.09. The number of fused-ring (bicyclic) bond motifs is 1. The van der Waals surface area contributed by atoms with Crippen LogP contribution in [0, 0.1) is 29.1 Å². The maximum Gasteiger partial charge on any atom is 0.170 e. The zero-order valence-corrected chi connectivity index (χ0v) is 12.6. The first-order valence-electron chi connectivity index (χ1n) is 7.66. The van der Waals surface area contributed by atoms with Crippen LogP contribution in [0.1, 0.15) is 26.7 Å². The minimum atomic E-state index is -1.41. The molecule has 21 heavy (non-hydrogen) atoms. The molecule has 5 heteroatoms. The number of rotatable bonds is 4. The second-order valence-electron chi connectivity index (χ2n) is 6.80. The third kappa shape index (κ3) is 2.68. The summed E-state index contributed by atoms with van der Waals surface area (Å²) in [4.78, 5) is 12.6. The maximum absolute atomic E-state index is 12.6. The van der Waals surface area contributed by atoms with Crippen LogP contribution >= 0.6 is 0 Å². The zero-order valence-electron chi connectivity index (χ0n) is 12.6. The van der Waals surface area contributed by atoms with Crippen molar-refractivity contribution >= 4 is 5.78 Å². The van der Waals surface area contributed by atoms with E-state index in [0.29, 0.717) is 6.42 Å². The highest BCUT2D eigenvalue weighted by Crippen LogP contribution is 2.52. The number of carbonyl (C=O) groups is 1. The fourth-order valence-electron chi connectivity index (χ4n) is 4.24. The minimum absolute atomic E-state index is 0.0157. The van der Waals surface area contributed by atoms with Crippen molar-refractivity contribution in [3.05, 3.63) is 12.2 Å². The van der Waals surface area contributed by atoms with Crippen molar-refractivity contribution in [3.8, 4) is 0 Å². The van der Waals surface area contributed by atoms with Gasteiger partial charge in [-0.1, -0.05) is 26.0 Å². The van der Waals surface area contributed by atoms with Crippen molar-refractivity contribution in [1.82, 2.24) is 0 Å². The van der Waals surface area contributed by atoms with Gasteiger partial charge in [0.25, 0.3) is 0 Å². The number of hydrogen-bond acceptors (Lipinski definition) is 5. The molecule has 0 aromatic heterocycles. The Bertz CT molecular complexity index is 421. The van der Waals surface area contributed by atoms with E-state index >= 15 is 0 Å². The van der Waals surface area contributed by atoms with Crippen molar-refractivity contribution in [1.29, 1.82) is 0 Å². The average Bonchev–Trinajstić information content (AvgIpc) is 2.48. The Kier molecular flexibility index (Phi) is 4.88. The van der Waals surface area contributed by atoms with E-state index in [9.17, 15) is 20.1 Å². The van der Waals surface area contributed by atoms with Crippen LogP contribution < -0.4 is 0 Å². The summed E-state index contributed by atoms with van der Waals surface area (Å²) in [5.74, 6) is -0.747. The van der Waals surface area contributed by atoms with Gasteiger partial charge in [-0.2, -0.15) is 0 Å². The molecule has 2 aliphatic rings. The molecule has 0 aliphatic heterocycles. The fourth-order valence-corrected chi connectivity index (χ4v) is 4.24. The van der Waals surface area contributed by atoms with Gasteiger partial charge < -0.3 is 20.4 Å². The molecule has 120 valence electrons. The predicted molar refractivity (Wildman–Crippen MR) is 77.3 cm³/mol. The summed E-state index contributed by atoms with van der Waals surface area (Å²) in [5, 5.41) is 38.7. The van der Waals surface area contributed by atoms with Gasteiger partial charge in [-0.05, 0) is 30.6 Å². The summed E-state index contributed by atoms with van der Waals surface area (Å²) >= 11 is 0. The number of hydrogen-bond donors (Lipinski definition) is 4. The Labute approximate surface area is 125 Å². The number of carbonyl (C=O) groups excluding carboxylic acids is 1. The van der Waals surface area contributed by atoms with Crippen molar-refractivity contribution in [3.63, 3.8) is 0 Å². The predicted octanol–water partition coefficient (Wildman–Crippen LogP) is 0.117. The normalized spacial score (nSPS) is 44.2. The van der Waals surface area contributed by atoms with E-state index in [4.69, 9.17) is 5.11 Å². The lowest BCUT2D eigenvalue weighted by molar-refractivity contribution is -0.155. The summed E-state index contributed by atoms with van der Waals surface area (Å²) in [5.41, 5.74) is -0.901. The van der Waals surface area contributed by atoms with E-state index in [-0.39, 0.29) is 30.3 Å². The van der Waals surface area contributed by atoms with Gasteiger partial charge in [0.1, 0.15) is 6.10 Å². The molecule has 1 fully saturated rings. The van der Waals surface area contributed by atoms with Gasteiger partial charge >= 0.3 is 0 Å². The van der Waals surface area contributed by atoms with Gasteiger partial charge in [-0.25, -0.2) is 0 Å². The highest BCUT2D eigenvalue weighted by molar-refractivity contribution is 5.89. The van der Waals surface area contributed by atoms with E-state index in [0.717, 1.165) is 6.42 Å². The summed E-state index contributed by atoms with van der Waals surface area (Å²) in [6.45, 7) is 3.12. The second-order valence-corrected chi connectivity index (χ2v) is 6.80. The Balaban J connectivity index is 2.37. The average molecular weight is 298 g/mol. The van der Waals surface area contributed by atoms with Gasteiger partial charge in [-0.3, -0.25) is 4.79 Å². The number of aliphatic hydroxyl groups excluding tert-OH is 4. The molecule has 4 N–H and O–H groups in total. The number of aliphatic hydroxyl groups is 4. The van der Waals surface area contributed by atoms with E-state index in [1.165, 1.54) is 0 Å². The van der Waals surface area contributed by atoms with Gasteiger partial charge in [0.05, 0.1) is 12.7 Å². The van der Waals surface area contributed by atoms with Crippen LogP contribution in [0.4, 0.5) is 0 Å². The molecule has 2 rings (SSSR count). The monoisotopic (exact) mass is 298 g/mol. The fraction of sp³-hybridized carbons (Fsp3) is 0.812. The van der Waals surface area contributed by atoms with E-state index in [1.54, 1.807) is 6.92 Å². The molecule has 0 heterocycles. The molecule has 0 unspecified atom stereocenters. The highest BCUT2D eigenvalue weighted by atomic mass is 16.3. The van der Waals surface area contributed by atoms with Crippen LogP contribution in [0.5, 0.6) is 0 Å². The molecule has 0 saturated heterocycles. The Morgan fingerprint density at radius 2 is 2.00 bits per heavy atom. The maximum atomic E-state index is 12.6. The van der Waals surface area contributed by atoms with Gasteiger partial charge in [0.15, 0.2) is 5.78 Å². The molecule has 2 aliphatic carbocycles. The largest absolute Gasteiger partial charge is 0.396 e. The first-order valence-corrected chi connectivity index (χ1v) is 7.66. The SMILES string of the molecule is C[C@H]1C=C[C@H]2C[C@@H](CO)C[C@H](O)[C@@H]2[C@@]1(C)C(=O)[C@H](O)CO. The smallest absolute Gasteiger partial charge is 0.170 e. The third-order valence-corrected chi connectivity index (χ3v) is 5.61. The Morgan fingerprint density at radius 3 is 2.57 bits per heavy atom. The van der Waals surface area contributed by atoms with Crippen LogP contribution in [-0.4, -0.2) is 51.6 Å². The lowest BCUT2D eigenvalue weighted by atomic mass is 9.52. The molecule has 0 aromatic carbocycles. The van der Waals surface area contributed by atoms with Crippen molar-refractivity contribution in [2.45, 2.75) is 38.9 Å². The molecule has 0 spiro atoms. The van der Waals surface area contributed by atoms with Crippen LogP contribution in [0.15, 0.2) is 12.2 Å². The van der Waals surface area contributed by atoms with Crippen LogP contribution in [-0.2, 0) is 4.79 Å². The first kappa shape index (κ1) is 16.6. The lowest BCUT2D eigenvalue weighted by Gasteiger charge is -2.52. The van der Waals surface area contributed by atoms with Crippen molar-refractivity contribution in [2.24, 2.45) is 29.1 Å². The quantitative estimate of drug-likeness (QED) is 0.553. The van der Waals surface area contributed by atoms with E-state index < -0.39 is 30.0 Å². The van der Waals surface area contributed by atoms with Gasteiger partial charge in [-0.15, -0.1) is 0 Å². The number of Topliss-reactive ketones (excluding diaryl/α,β-unsaturated/α-hetero) is 1. The molecule has 0 aromatic rings. The molecule has 0 bridgehead atoms. The highest BCUT2D eigenvalue weighted by Gasteiger charge is 2.55. The Hall–Kier alpha value is -0.750. The summed E-state index contributed by atoms with van der Waals surface area (Å²) in [6, 6.07) is 0. The van der Waals surface area contributed by atoms with E-state index in [1.807, 2.05) is 19.1 Å². The van der Waals surface area contributed by atoms with Gasteiger partial charge in [0, 0.05) is 17.9 Å². The second kappa shape index (κ2) is 6.16. The molecule has 7 atom stereocenters. The Morgan fingerprint density at radius 1 is 1.33 bits per heavy atom. The standard InChI is InChI=1S/C16H26O5/c1-9-3-4-11-5-10(7-17)6-12(19)14(11)16(9,2)15(21)13(20)8-18/h3-4,9-14,17-20H,5-8H2,1-2H3/t9-,10+,11-,12-,13+,14+,16-/m0/s1. The van der Waals surface area contributed by atoms with Crippen LogP contribution in [0.2, 0.25) is 0 Å². The first-order chi connectivity index (χ1) is 9.86. The third-order valence-electron chi connectivity index (χ3n) is 5.61. The number of ketones is 1. The molecule has 0 radical (unpaired) electrons. The zero-order chi connectivity index (χ0) is 15.8. The van der Waals surface area contributed by atoms with Crippen molar-refractivity contribution in [2.75, 3.05) is 13.2 Å². The summed E-state index contributed by atoms with van der Waals surface area (Å²) in [7, 11) is 0. The molecular weight excluding hydrogens is 272 g/mol. The molecular formula is C16H26O5.